The second kappa shape index (κ2) is 5.53. The van der Waals surface area contributed by atoms with E-state index in [1.165, 1.54) is 11.3 Å². The van der Waals surface area contributed by atoms with Crippen LogP contribution in [0.3, 0.4) is 0 Å². The van der Waals surface area contributed by atoms with Gasteiger partial charge in [-0.25, -0.2) is 0 Å². The van der Waals surface area contributed by atoms with Crippen LogP contribution in [0.15, 0.2) is 34.9 Å². The molecule has 0 radical (unpaired) electrons. The van der Waals surface area contributed by atoms with Gasteiger partial charge in [-0.2, -0.15) is 4.98 Å². The highest BCUT2D eigenvalue weighted by Crippen LogP contribution is 2.32. The predicted octanol–water partition coefficient (Wildman–Crippen LogP) is 3.65. The molecule has 1 aliphatic heterocycles. The van der Waals surface area contributed by atoms with Gasteiger partial charge in [0.2, 0.25) is 0 Å². The molecule has 0 fully saturated rings. The number of nitrogens with zero attached hydrogens (tertiary/aromatic N) is 2. The first kappa shape index (κ1) is 14.1. The first-order chi connectivity index (χ1) is 10.0. The number of aryl methyl sites for hydroxylation is 1. The summed E-state index contributed by atoms with van der Waals surface area (Å²) in [5, 5.41) is 3.43. The topological polar surface area (TPSA) is 41.3 Å². The van der Waals surface area contributed by atoms with Crippen molar-refractivity contribution in [3.63, 3.8) is 0 Å². The van der Waals surface area contributed by atoms with Crippen molar-refractivity contribution >= 4 is 11.7 Å². The van der Waals surface area contributed by atoms with Crippen LogP contribution in [0.4, 0.5) is 11.7 Å². The van der Waals surface area contributed by atoms with Gasteiger partial charge in [-0.05, 0) is 45.2 Å². The molecule has 21 heavy (non-hydrogen) atoms. The second-order valence-electron chi connectivity index (χ2n) is 6.61. The van der Waals surface area contributed by atoms with Gasteiger partial charge in [-0.1, -0.05) is 18.2 Å². The van der Waals surface area contributed by atoms with Crippen LogP contribution >= 0.6 is 0 Å². The Bertz CT molecular complexity index is 612. The lowest BCUT2D eigenvalue weighted by molar-refractivity contribution is 0.421. The predicted molar refractivity (Wildman–Crippen MR) is 84.9 cm³/mol. The van der Waals surface area contributed by atoms with Crippen LogP contribution in [0.2, 0.25) is 0 Å². The molecule has 3 rings (SSSR count). The first-order valence-corrected chi connectivity index (χ1v) is 7.58. The number of oxazole rings is 1. The minimum Gasteiger partial charge on any atom is -0.431 e. The summed E-state index contributed by atoms with van der Waals surface area (Å²) in [4.78, 5) is 6.81. The van der Waals surface area contributed by atoms with E-state index in [2.05, 4.69) is 60.2 Å². The van der Waals surface area contributed by atoms with E-state index in [1.54, 1.807) is 6.26 Å². The van der Waals surface area contributed by atoms with Crippen LogP contribution in [0.5, 0.6) is 0 Å². The van der Waals surface area contributed by atoms with Crippen molar-refractivity contribution in [3.8, 4) is 0 Å². The molecule has 112 valence electrons. The van der Waals surface area contributed by atoms with E-state index in [1.807, 2.05) is 0 Å². The van der Waals surface area contributed by atoms with Crippen molar-refractivity contribution in [2.75, 3.05) is 11.4 Å². The first-order valence-electron chi connectivity index (χ1n) is 7.58. The van der Waals surface area contributed by atoms with E-state index in [4.69, 9.17) is 4.42 Å². The molecule has 4 heteroatoms. The van der Waals surface area contributed by atoms with E-state index in [9.17, 15) is 0 Å². The Morgan fingerprint density at radius 1 is 1.29 bits per heavy atom. The van der Waals surface area contributed by atoms with Crippen molar-refractivity contribution in [1.82, 2.24) is 10.3 Å². The quantitative estimate of drug-likeness (QED) is 0.934. The summed E-state index contributed by atoms with van der Waals surface area (Å²) in [5.74, 6) is 0. The molecule has 0 bridgehead atoms. The molecule has 0 aliphatic carbocycles. The Morgan fingerprint density at radius 3 is 2.90 bits per heavy atom. The van der Waals surface area contributed by atoms with Crippen LogP contribution in [0, 0.1) is 0 Å². The Labute approximate surface area is 126 Å². The van der Waals surface area contributed by atoms with Gasteiger partial charge in [0, 0.05) is 24.3 Å². The van der Waals surface area contributed by atoms with E-state index in [0.717, 1.165) is 31.6 Å². The number of hydrogen-bond acceptors (Lipinski definition) is 4. The molecule has 0 unspecified atom stereocenters. The standard InChI is InChI=1S/C17H23N3O/c1-17(2,3)18-11-14-12-21-16(19-14)20-10-6-8-13-7-4-5-9-15(13)20/h4-5,7,9,12,18H,6,8,10-11H2,1-3H3. The average molecular weight is 285 g/mol. The van der Waals surface area contributed by atoms with Crippen LogP contribution in [0.1, 0.15) is 38.4 Å². The van der Waals surface area contributed by atoms with Gasteiger partial charge in [0.25, 0.3) is 0 Å². The summed E-state index contributed by atoms with van der Waals surface area (Å²) < 4.78 is 5.70. The van der Waals surface area contributed by atoms with Crippen molar-refractivity contribution in [2.45, 2.75) is 45.7 Å². The Balaban J connectivity index is 1.78. The van der Waals surface area contributed by atoms with Crippen LogP contribution in [-0.2, 0) is 13.0 Å². The summed E-state index contributed by atoms with van der Waals surface area (Å²) in [5.41, 5.74) is 3.62. The van der Waals surface area contributed by atoms with Gasteiger partial charge in [0.1, 0.15) is 6.26 Å². The number of rotatable bonds is 3. The summed E-state index contributed by atoms with van der Waals surface area (Å²) in [7, 11) is 0. The summed E-state index contributed by atoms with van der Waals surface area (Å²) in [6.45, 7) is 8.13. The molecule has 2 aromatic rings. The molecule has 2 heterocycles. The summed E-state index contributed by atoms with van der Waals surface area (Å²) in [6, 6.07) is 9.20. The van der Waals surface area contributed by atoms with Gasteiger partial charge in [-0.3, -0.25) is 4.90 Å². The molecule has 1 N–H and O–H groups in total. The molecular weight excluding hydrogens is 262 g/mol. The zero-order valence-corrected chi connectivity index (χ0v) is 13.0. The molecule has 0 saturated carbocycles. The van der Waals surface area contributed by atoms with Gasteiger partial charge in [-0.15, -0.1) is 0 Å². The van der Waals surface area contributed by atoms with Gasteiger partial charge >= 0.3 is 6.01 Å². The SMILES string of the molecule is CC(C)(C)NCc1coc(N2CCCc3ccccc32)n1. The number of nitrogens with one attached hydrogen (secondary N) is 1. The van der Waals surface area contributed by atoms with Crippen molar-refractivity contribution < 1.29 is 4.42 Å². The fourth-order valence-corrected chi connectivity index (χ4v) is 2.59. The molecule has 4 nitrogen and oxygen atoms in total. The fourth-order valence-electron chi connectivity index (χ4n) is 2.59. The Kier molecular flexibility index (Phi) is 3.72. The highest BCUT2D eigenvalue weighted by molar-refractivity contribution is 5.62. The summed E-state index contributed by atoms with van der Waals surface area (Å²) >= 11 is 0. The molecule has 1 aromatic carbocycles. The van der Waals surface area contributed by atoms with Gasteiger partial charge < -0.3 is 9.73 Å². The van der Waals surface area contributed by atoms with Crippen molar-refractivity contribution in [1.29, 1.82) is 0 Å². The number of benzene rings is 1. The monoisotopic (exact) mass is 285 g/mol. The lowest BCUT2D eigenvalue weighted by Gasteiger charge is -2.27. The van der Waals surface area contributed by atoms with E-state index in [0.29, 0.717) is 6.01 Å². The normalized spacial score (nSPS) is 15.1. The number of anilines is 2. The molecule has 0 saturated heterocycles. The number of hydrogen-bond donors (Lipinski definition) is 1. The third kappa shape index (κ3) is 3.27. The van der Waals surface area contributed by atoms with E-state index >= 15 is 0 Å². The minimum absolute atomic E-state index is 0.0802. The highest BCUT2D eigenvalue weighted by Gasteiger charge is 2.21. The third-order valence-electron chi connectivity index (χ3n) is 3.68. The average Bonchev–Trinajstić information content (AvgIpc) is 2.92. The lowest BCUT2D eigenvalue weighted by atomic mass is 10.0. The molecular formula is C17H23N3O. The molecule has 0 amide bonds. The van der Waals surface area contributed by atoms with Gasteiger partial charge in [0.05, 0.1) is 5.69 Å². The lowest BCUT2D eigenvalue weighted by Crippen LogP contribution is -2.35. The Hall–Kier alpha value is -1.81. The number of fused-ring (bicyclic) bond motifs is 1. The fraction of sp³-hybridized carbons (Fsp3) is 0.471. The maximum atomic E-state index is 5.70. The molecule has 1 aliphatic rings. The van der Waals surface area contributed by atoms with Gasteiger partial charge in [0.15, 0.2) is 0 Å². The third-order valence-corrected chi connectivity index (χ3v) is 3.68. The summed E-state index contributed by atoms with van der Waals surface area (Å²) in [6.07, 6.45) is 4.02. The molecule has 0 atom stereocenters. The zero-order chi connectivity index (χ0) is 14.9. The van der Waals surface area contributed by atoms with Crippen molar-refractivity contribution in [2.24, 2.45) is 0 Å². The largest absolute Gasteiger partial charge is 0.431 e. The minimum atomic E-state index is 0.0802. The van der Waals surface area contributed by atoms with Crippen LogP contribution < -0.4 is 10.2 Å². The zero-order valence-electron chi connectivity index (χ0n) is 13.0. The smallest absolute Gasteiger partial charge is 0.302 e. The van der Waals surface area contributed by atoms with E-state index < -0.39 is 0 Å². The van der Waals surface area contributed by atoms with E-state index in [-0.39, 0.29) is 5.54 Å². The maximum absolute atomic E-state index is 5.70. The number of para-hydroxylation sites is 1. The number of aromatic nitrogens is 1. The van der Waals surface area contributed by atoms with Crippen LogP contribution in [-0.4, -0.2) is 17.1 Å². The molecule has 1 aromatic heterocycles. The second-order valence-corrected chi connectivity index (χ2v) is 6.61. The molecule has 0 spiro atoms. The highest BCUT2D eigenvalue weighted by atomic mass is 16.4. The maximum Gasteiger partial charge on any atom is 0.302 e. The van der Waals surface area contributed by atoms with Crippen LogP contribution in [0.25, 0.3) is 0 Å². The van der Waals surface area contributed by atoms with Crippen molar-refractivity contribution in [3.05, 3.63) is 41.8 Å². The Morgan fingerprint density at radius 2 is 2.10 bits per heavy atom.